The molecule has 0 bridgehead atoms. The van der Waals surface area contributed by atoms with E-state index in [-0.39, 0.29) is 24.0 Å². The van der Waals surface area contributed by atoms with Crippen molar-refractivity contribution in [3.8, 4) is 0 Å². The summed E-state index contributed by atoms with van der Waals surface area (Å²) >= 11 is 13.4. The SMILES string of the molecule is Cc1ccc(NC(=O)CSc2nnc(CC(=O)Nc3ccccc3Cl)n2C)cc1Cl. The molecule has 0 aliphatic heterocycles. The summed E-state index contributed by atoms with van der Waals surface area (Å²) in [7, 11) is 1.75. The van der Waals surface area contributed by atoms with Crippen molar-refractivity contribution in [1.29, 1.82) is 0 Å². The molecule has 0 aliphatic carbocycles. The molecule has 2 N–H and O–H groups in total. The topological polar surface area (TPSA) is 88.9 Å². The van der Waals surface area contributed by atoms with E-state index < -0.39 is 0 Å². The molecule has 0 saturated heterocycles. The summed E-state index contributed by atoms with van der Waals surface area (Å²) in [5, 5.41) is 15.2. The van der Waals surface area contributed by atoms with E-state index in [2.05, 4.69) is 20.8 Å². The van der Waals surface area contributed by atoms with Gasteiger partial charge in [-0.25, -0.2) is 0 Å². The number of hydrogen-bond donors (Lipinski definition) is 2. The van der Waals surface area contributed by atoms with Crippen LogP contribution in [0.2, 0.25) is 10.0 Å². The van der Waals surface area contributed by atoms with Crippen LogP contribution >= 0.6 is 35.0 Å². The van der Waals surface area contributed by atoms with Crippen molar-refractivity contribution >= 4 is 58.2 Å². The number of aromatic nitrogens is 3. The Balaban J connectivity index is 1.54. The van der Waals surface area contributed by atoms with Crippen LogP contribution in [0.4, 0.5) is 11.4 Å². The fourth-order valence-electron chi connectivity index (χ4n) is 2.52. The van der Waals surface area contributed by atoms with Gasteiger partial charge in [0.1, 0.15) is 5.82 Å². The second-order valence-corrected chi connectivity index (χ2v) is 8.22. The van der Waals surface area contributed by atoms with Crippen LogP contribution in [0.15, 0.2) is 47.6 Å². The minimum Gasteiger partial charge on any atom is -0.325 e. The largest absolute Gasteiger partial charge is 0.325 e. The van der Waals surface area contributed by atoms with Gasteiger partial charge in [0, 0.05) is 17.8 Å². The van der Waals surface area contributed by atoms with Crippen LogP contribution in [-0.2, 0) is 23.1 Å². The smallest absolute Gasteiger partial charge is 0.234 e. The first-order valence-electron chi connectivity index (χ1n) is 8.95. The van der Waals surface area contributed by atoms with E-state index in [0.717, 1.165) is 5.56 Å². The molecule has 0 fully saturated rings. The third kappa shape index (κ3) is 5.75. The number of hydrogen-bond acceptors (Lipinski definition) is 5. The molecular weight excluding hydrogens is 445 g/mol. The maximum Gasteiger partial charge on any atom is 0.234 e. The summed E-state index contributed by atoms with van der Waals surface area (Å²) in [5.41, 5.74) is 2.11. The molecule has 7 nitrogen and oxygen atoms in total. The highest BCUT2D eigenvalue weighted by Gasteiger charge is 2.15. The van der Waals surface area contributed by atoms with Crippen LogP contribution in [0.25, 0.3) is 0 Å². The molecule has 0 saturated carbocycles. The molecule has 1 aromatic heterocycles. The fraction of sp³-hybridized carbons (Fsp3) is 0.200. The molecule has 10 heteroatoms. The van der Waals surface area contributed by atoms with Crippen LogP contribution in [0, 0.1) is 6.92 Å². The number of para-hydroxylation sites is 1. The Labute approximate surface area is 188 Å². The molecule has 2 amide bonds. The predicted octanol–water partition coefficient (Wildman–Crippen LogP) is 4.34. The fourth-order valence-corrected chi connectivity index (χ4v) is 3.62. The Morgan fingerprint density at radius 3 is 2.53 bits per heavy atom. The van der Waals surface area contributed by atoms with Crippen LogP contribution < -0.4 is 10.6 Å². The normalized spacial score (nSPS) is 10.7. The number of halogens is 2. The zero-order valence-corrected chi connectivity index (χ0v) is 18.6. The van der Waals surface area contributed by atoms with Crippen molar-refractivity contribution in [1.82, 2.24) is 14.8 Å². The van der Waals surface area contributed by atoms with Gasteiger partial charge in [0.2, 0.25) is 11.8 Å². The van der Waals surface area contributed by atoms with E-state index in [4.69, 9.17) is 23.2 Å². The molecule has 2 aromatic carbocycles. The van der Waals surface area contributed by atoms with Gasteiger partial charge in [-0.05, 0) is 36.8 Å². The van der Waals surface area contributed by atoms with E-state index >= 15 is 0 Å². The van der Waals surface area contributed by atoms with Crippen molar-refractivity contribution in [2.75, 3.05) is 16.4 Å². The summed E-state index contributed by atoms with van der Waals surface area (Å²) in [6.07, 6.45) is 0.0311. The lowest BCUT2D eigenvalue weighted by Gasteiger charge is -2.08. The van der Waals surface area contributed by atoms with E-state index in [1.54, 1.807) is 48.0 Å². The molecule has 3 aromatic rings. The molecule has 3 rings (SSSR count). The number of anilines is 2. The summed E-state index contributed by atoms with van der Waals surface area (Å²) in [5.74, 6) is 0.168. The summed E-state index contributed by atoms with van der Waals surface area (Å²) in [4.78, 5) is 24.5. The lowest BCUT2D eigenvalue weighted by Crippen LogP contribution is -2.17. The zero-order valence-electron chi connectivity index (χ0n) is 16.3. The number of thioether (sulfide) groups is 1. The standard InChI is InChI=1S/C20H19Cl2N5O2S/c1-12-7-8-13(9-15(12)22)23-19(29)11-30-20-26-25-17(27(20)2)10-18(28)24-16-6-4-3-5-14(16)21/h3-9H,10-11H2,1-2H3,(H,23,29)(H,24,28). The molecule has 0 spiro atoms. The maximum absolute atomic E-state index is 12.3. The van der Waals surface area contributed by atoms with Crippen molar-refractivity contribution in [3.05, 3.63) is 63.9 Å². The molecule has 0 unspecified atom stereocenters. The zero-order chi connectivity index (χ0) is 21.7. The molecule has 0 radical (unpaired) electrons. The van der Waals surface area contributed by atoms with Crippen LogP contribution in [0.3, 0.4) is 0 Å². The highest BCUT2D eigenvalue weighted by molar-refractivity contribution is 7.99. The van der Waals surface area contributed by atoms with Gasteiger partial charge < -0.3 is 15.2 Å². The number of benzene rings is 2. The van der Waals surface area contributed by atoms with Crippen molar-refractivity contribution in [3.63, 3.8) is 0 Å². The third-order valence-electron chi connectivity index (χ3n) is 4.18. The highest BCUT2D eigenvalue weighted by atomic mass is 35.5. The van der Waals surface area contributed by atoms with E-state index in [1.807, 2.05) is 13.0 Å². The summed E-state index contributed by atoms with van der Waals surface area (Å²) in [6, 6.07) is 12.3. The number of rotatable bonds is 7. The Hall–Kier alpha value is -2.55. The van der Waals surface area contributed by atoms with Gasteiger partial charge in [-0.3, -0.25) is 9.59 Å². The average Bonchev–Trinajstić information content (AvgIpc) is 3.04. The van der Waals surface area contributed by atoms with Crippen LogP contribution in [-0.4, -0.2) is 32.3 Å². The van der Waals surface area contributed by atoms with Gasteiger partial charge in [0.15, 0.2) is 5.16 Å². The molecular formula is C20H19Cl2N5O2S. The Kier molecular flexibility index (Phi) is 7.36. The van der Waals surface area contributed by atoms with Gasteiger partial charge in [-0.2, -0.15) is 0 Å². The molecule has 0 aliphatic rings. The van der Waals surface area contributed by atoms with Gasteiger partial charge in [0.25, 0.3) is 0 Å². The highest BCUT2D eigenvalue weighted by Crippen LogP contribution is 2.22. The van der Waals surface area contributed by atoms with E-state index in [1.165, 1.54) is 11.8 Å². The number of nitrogens with one attached hydrogen (secondary N) is 2. The molecule has 0 atom stereocenters. The van der Waals surface area contributed by atoms with Crippen molar-refractivity contribution in [2.45, 2.75) is 18.5 Å². The molecule has 30 heavy (non-hydrogen) atoms. The maximum atomic E-state index is 12.3. The number of aryl methyl sites for hydroxylation is 1. The predicted molar refractivity (Wildman–Crippen MR) is 120 cm³/mol. The first-order chi connectivity index (χ1) is 14.3. The van der Waals surface area contributed by atoms with Crippen LogP contribution in [0.1, 0.15) is 11.4 Å². The van der Waals surface area contributed by atoms with Crippen molar-refractivity contribution < 1.29 is 9.59 Å². The van der Waals surface area contributed by atoms with Crippen molar-refractivity contribution in [2.24, 2.45) is 7.05 Å². The number of carbonyl (C=O) groups excluding carboxylic acids is 2. The lowest BCUT2D eigenvalue weighted by molar-refractivity contribution is -0.116. The number of amides is 2. The van der Waals surface area contributed by atoms with E-state index in [9.17, 15) is 9.59 Å². The Bertz CT molecular complexity index is 1090. The number of carbonyl (C=O) groups is 2. The average molecular weight is 464 g/mol. The summed E-state index contributed by atoms with van der Waals surface area (Å²) in [6.45, 7) is 1.89. The minimum atomic E-state index is -0.260. The first-order valence-corrected chi connectivity index (χ1v) is 10.7. The van der Waals surface area contributed by atoms with E-state index in [0.29, 0.717) is 32.4 Å². The van der Waals surface area contributed by atoms with Gasteiger partial charge in [-0.15, -0.1) is 10.2 Å². The first kappa shape index (κ1) is 22.1. The third-order valence-corrected chi connectivity index (χ3v) is 5.94. The van der Waals surface area contributed by atoms with Gasteiger partial charge in [-0.1, -0.05) is 53.2 Å². The lowest BCUT2D eigenvalue weighted by atomic mass is 10.2. The monoisotopic (exact) mass is 463 g/mol. The van der Waals surface area contributed by atoms with Crippen LogP contribution in [0.5, 0.6) is 0 Å². The Morgan fingerprint density at radius 2 is 1.80 bits per heavy atom. The second-order valence-electron chi connectivity index (χ2n) is 6.46. The minimum absolute atomic E-state index is 0.0311. The van der Waals surface area contributed by atoms with Gasteiger partial charge in [0.05, 0.1) is 22.9 Å². The van der Waals surface area contributed by atoms with Gasteiger partial charge >= 0.3 is 0 Å². The number of nitrogens with zero attached hydrogens (tertiary/aromatic N) is 3. The molecule has 156 valence electrons. The molecule has 1 heterocycles. The Morgan fingerprint density at radius 1 is 1.03 bits per heavy atom. The second kappa shape index (κ2) is 9.97. The summed E-state index contributed by atoms with van der Waals surface area (Å²) < 4.78 is 1.69. The quantitative estimate of drug-likeness (QED) is 0.508.